The van der Waals surface area contributed by atoms with E-state index in [1.165, 1.54) is 24.9 Å². The molecule has 0 spiro atoms. The van der Waals surface area contributed by atoms with Crippen molar-refractivity contribution in [2.45, 2.75) is 39.3 Å². The molecular weight excluding hydrogens is 467 g/mol. The van der Waals surface area contributed by atoms with Crippen LogP contribution in [-0.2, 0) is 6.54 Å². The van der Waals surface area contributed by atoms with E-state index in [9.17, 15) is 0 Å². The number of aliphatic imine (C=N–C) groups is 1. The van der Waals surface area contributed by atoms with Gasteiger partial charge in [0.05, 0.1) is 6.54 Å². The summed E-state index contributed by atoms with van der Waals surface area (Å²) >= 11 is 3.50. The number of benzene rings is 1. The van der Waals surface area contributed by atoms with Crippen LogP contribution in [0.5, 0.6) is 0 Å². The van der Waals surface area contributed by atoms with Crippen molar-refractivity contribution in [2.24, 2.45) is 4.99 Å². The van der Waals surface area contributed by atoms with E-state index in [-0.39, 0.29) is 24.0 Å². The molecule has 0 saturated carbocycles. The lowest BCUT2D eigenvalue weighted by molar-refractivity contribution is 0.267. The summed E-state index contributed by atoms with van der Waals surface area (Å²) in [5.41, 5.74) is 1.21. The number of hydrogen-bond acceptors (Lipinski definition) is 2. The molecule has 1 atom stereocenters. The first kappa shape index (κ1) is 20.7. The number of rotatable bonds is 6. The Bertz CT molecular complexity index is 495. The van der Waals surface area contributed by atoms with Crippen molar-refractivity contribution >= 4 is 45.9 Å². The number of halogens is 2. The topological polar surface area (TPSA) is 39.7 Å². The summed E-state index contributed by atoms with van der Waals surface area (Å²) in [5, 5.41) is 6.83. The number of guanidine groups is 1. The van der Waals surface area contributed by atoms with Crippen molar-refractivity contribution in [1.29, 1.82) is 0 Å². The summed E-state index contributed by atoms with van der Waals surface area (Å²) in [7, 11) is 0. The number of nitrogens with zero attached hydrogens (tertiary/aromatic N) is 2. The molecule has 6 heteroatoms. The summed E-state index contributed by atoms with van der Waals surface area (Å²) in [5.74, 6) is 0.908. The van der Waals surface area contributed by atoms with Crippen LogP contribution in [0.3, 0.4) is 0 Å². The Balaban J connectivity index is 0.00000264. The third-order valence-corrected chi connectivity index (χ3v) is 4.56. The highest BCUT2D eigenvalue weighted by Gasteiger charge is 2.22. The van der Waals surface area contributed by atoms with Gasteiger partial charge in [0.15, 0.2) is 5.96 Å². The fourth-order valence-electron chi connectivity index (χ4n) is 2.90. The largest absolute Gasteiger partial charge is 0.357 e. The first-order chi connectivity index (χ1) is 10.7. The van der Waals surface area contributed by atoms with Crippen LogP contribution in [0.4, 0.5) is 0 Å². The number of likely N-dealkylation sites (N-methyl/N-ethyl adjacent to an activating group) is 1. The van der Waals surface area contributed by atoms with E-state index in [0.29, 0.717) is 12.6 Å². The normalized spacial score (nSPS) is 18.6. The number of likely N-dealkylation sites (tertiary alicyclic amines) is 1. The van der Waals surface area contributed by atoms with E-state index < -0.39 is 0 Å². The summed E-state index contributed by atoms with van der Waals surface area (Å²) in [6, 6.07) is 8.94. The van der Waals surface area contributed by atoms with Crippen LogP contribution in [0.15, 0.2) is 33.7 Å². The maximum atomic E-state index is 4.69. The Labute approximate surface area is 165 Å². The van der Waals surface area contributed by atoms with Crippen LogP contribution in [-0.4, -0.2) is 43.1 Å². The molecule has 0 aliphatic carbocycles. The second kappa shape index (κ2) is 11.3. The predicted octanol–water partition coefficient (Wildman–Crippen LogP) is 3.61. The van der Waals surface area contributed by atoms with E-state index >= 15 is 0 Å². The van der Waals surface area contributed by atoms with Gasteiger partial charge in [-0.3, -0.25) is 4.90 Å². The number of hydrogen-bond donors (Lipinski definition) is 2. The van der Waals surface area contributed by atoms with Crippen molar-refractivity contribution in [1.82, 2.24) is 15.5 Å². The molecule has 1 aromatic rings. The fourth-order valence-corrected chi connectivity index (χ4v) is 3.35. The molecule has 4 nitrogen and oxygen atoms in total. The Morgan fingerprint density at radius 2 is 2.17 bits per heavy atom. The summed E-state index contributed by atoms with van der Waals surface area (Å²) in [6.45, 7) is 9.25. The van der Waals surface area contributed by atoms with E-state index in [1.807, 2.05) is 12.1 Å². The lowest BCUT2D eigenvalue weighted by Crippen LogP contribution is -2.44. The lowest BCUT2D eigenvalue weighted by Gasteiger charge is -2.24. The van der Waals surface area contributed by atoms with Crippen molar-refractivity contribution in [3.8, 4) is 0 Å². The van der Waals surface area contributed by atoms with Gasteiger partial charge in [-0.25, -0.2) is 4.99 Å². The zero-order valence-electron chi connectivity index (χ0n) is 14.0. The molecule has 0 bridgehead atoms. The fraction of sp³-hybridized carbons (Fsp3) is 0.588. The van der Waals surface area contributed by atoms with Crippen molar-refractivity contribution in [2.75, 3.05) is 26.2 Å². The summed E-state index contributed by atoms with van der Waals surface area (Å²) in [4.78, 5) is 7.24. The minimum absolute atomic E-state index is 0. The molecule has 1 heterocycles. The predicted molar refractivity (Wildman–Crippen MR) is 113 cm³/mol. The van der Waals surface area contributed by atoms with Gasteiger partial charge in [-0.15, -0.1) is 24.0 Å². The van der Waals surface area contributed by atoms with E-state index in [0.717, 1.165) is 30.1 Å². The molecule has 0 radical (unpaired) electrons. The van der Waals surface area contributed by atoms with Gasteiger partial charge in [0.1, 0.15) is 0 Å². The van der Waals surface area contributed by atoms with Gasteiger partial charge >= 0.3 is 0 Å². The molecule has 1 aliphatic rings. The van der Waals surface area contributed by atoms with Gasteiger partial charge in [-0.1, -0.05) is 35.0 Å². The Hall–Kier alpha value is -0.340. The number of nitrogens with one attached hydrogen (secondary N) is 2. The standard InChI is InChI=1S/C17H27BrN4.HI/c1-3-19-17(20-12-14-7-5-8-15(18)11-14)21-13-16-9-6-10-22(16)4-2;/h5,7-8,11,16H,3-4,6,9-10,12-13H2,1-2H3,(H2,19,20,21);1H. The van der Waals surface area contributed by atoms with Crippen molar-refractivity contribution < 1.29 is 0 Å². The minimum atomic E-state index is 0. The average molecular weight is 495 g/mol. The van der Waals surface area contributed by atoms with Gasteiger partial charge in [-0.2, -0.15) is 0 Å². The molecule has 1 aromatic carbocycles. The van der Waals surface area contributed by atoms with Gasteiger partial charge in [0, 0.05) is 23.6 Å². The zero-order valence-corrected chi connectivity index (χ0v) is 17.9. The van der Waals surface area contributed by atoms with Crippen LogP contribution in [0, 0.1) is 0 Å². The van der Waals surface area contributed by atoms with Gasteiger partial charge in [0.25, 0.3) is 0 Å². The van der Waals surface area contributed by atoms with Crippen molar-refractivity contribution in [3.05, 3.63) is 34.3 Å². The molecule has 1 aliphatic heterocycles. The van der Waals surface area contributed by atoms with E-state index in [2.05, 4.69) is 57.4 Å². The highest BCUT2D eigenvalue weighted by molar-refractivity contribution is 14.0. The average Bonchev–Trinajstić information content (AvgIpc) is 2.97. The highest BCUT2D eigenvalue weighted by atomic mass is 127. The van der Waals surface area contributed by atoms with Crippen LogP contribution < -0.4 is 10.6 Å². The van der Waals surface area contributed by atoms with Crippen LogP contribution in [0.1, 0.15) is 32.3 Å². The molecular formula is C17H28BrIN4. The molecule has 1 unspecified atom stereocenters. The SMILES string of the molecule is CCNC(=NCc1cccc(Br)c1)NCC1CCCN1CC.I. The monoisotopic (exact) mass is 494 g/mol. The summed E-state index contributed by atoms with van der Waals surface area (Å²) in [6.07, 6.45) is 2.60. The molecule has 0 amide bonds. The van der Waals surface area contributed by atoms with Gasteiger partial charge < -0.3 is 10.6 Å². The summed E-state index contributed by atoms with van der Waals surface area (Å²) < 4.78 is 1.10. The third-order valence-electron chi connectivity index (χ3n) is 4.06. The second-order valence-electron chi connectivity index (χ2n) is 5.63. The molecule has 0 aromatic heterocycles. The quantitative estimate of drug-likeness (QED) is 0.360. The maximum Gasteiger partial charge on any atom is 0.191 e. The van der Waals surface area contributed by atoms with Crippen LogP contribution in [0.2, 0.25) is 0 Å². The molecule has 2 N–H and O–H groups in total. The minimum Gasteiger partial charge on any atom is -0.357 e. The van der Waals surface area contributed by atoms with Gasteiger partial charge in [0.2, 0.25) is 0 Å². The molecule has 1 saturated heterocycles. The lowest BCUT2D eigenvalue weighted by atomic mass is 10.2. The first-order valence-corrected chi connectivity index (χ1v) is 9.03. The smallest absolute Gasteiger partial charge is 0.191 e. The van der Waals surface area contributed by atoms with Crippen molar-refractivity contribution in [3.63, 3.8) is 0 Å². The molecule has 2 rings (SSSR count). The van der Waals surface area contributed by atoms with Crippen LogP contribution in [0.25, 0.3) is 0 Å². The molecule has 1 fully saturated rings. The first-order valence-electron chi connectivity index (χ1n) is 8.23. The Morgan fingerprint density at radius 3 is 2.87 bits per heavy atom. The second-order valence-corrected chi connectivity index (χ2v) is 6.55. The molecule has 130 valence electrons. The van der Waals surface area contributed by atoms with Gasteiger partial charge in [-0.05, 0) is 50.6 Å². The molecule has 23 heavy (non-hydrogen) atoms. The highest BCUT2D eigenvalue weighted by Crippen LogP contribution is 2.15. The van der Waals surface area contributed by atoms with E-state index in [4.69, 9.17) is 4.99 Å². The maximum absolute atomic E-state index is 4.69. The zero-order chi connectivity index (χ0) is 15.8. The van der Waals surface area contributed by atoms with E-state index in [1.54, 1.807) is 0 Å². The Kier molecular flexibility index (Phi) is 10.1. The third kappa shape index (κ3) is 6.97. The van der Waals surface area contributed by atoms with Crippen LogP contribution >= 0.6 is 39.9 Å². The Morgan fingerprint density at radius 1 is 1.35 bits per heavy atom.